The van der Waals surface area contributed by atoms with Gasteiger partial charge >= 0.3 is 0 Å². The number of nitrogens with two attached hydrogens (primary N) is 1. The molecule has 3 aromatic carbocycles. The third-order valence-electron chi connectivity index (χ3n) is 3.50. The van der Waals surface area contributed by atoms with Gasteiger partial charge in [-0.05, 0) is 42.0 Å². The van der Waals surface area contributed by atoms with Crippen LogP contribution in [0.4, 0.5) is 11.4 Å². The van der Waals surface area contributed by atoms with Crippen LogP contribution in [0.2, 0.25) is 0 Å². The third-order valence-corrected chi connectivity index (χ3v) is 4.11. The molecule has 6 heteroatoms. The number of nitrogen functional groups attached to an aromatic ring is 1. The number of para-hydroxylation sites is 1. The van der Waals surface area contributed by atoms with Crippen LogP contribution in [0.5, 0.6) is 11.5 Å². The lowest BCUT2D eigenvalue weighted by atomic mass is 10.0. The number of benzene rings is 3. The van der Waals surface area contributed by atoms with Gasteiger partial charge < -0.3 is 10.5 Å². The van der Waals surface area contributed by atoms with Gasteiger partial charge in [-0.3, -0.25) is 4.72 Å². The summed E-state index contributed by atoms with van der Waals surface area (Å²) in [7, 11) is -3.33. The summed E-state index contributed by atoms with van der Waals surface area (Å²) in [5.41, 5.74) is 8.74. The van der Waals surface area contributed by atoms with Gasteiger partial charge in [0.15, 0.2) is 0 Å². The highest BCUT2D eigenvalue weighted by atomic mass is 32.2. The fraction of sp³-hybridized carbons (Fsp3) is 0.0526. The Hall–Kier alpha value is -2.99. The predicted molar refractivity (Wildman–Crippen MR) is 101 cm³/mol. The average Bonchev–Trinajstić information content (AvgIpc) is 2.55. The van der Waals surface area contributed by atoms with Crippen LogP contribution in [0, 0.1) is 0 Å². The van der Waals surface area contributed by atoms with Crippen molar-refractivity contribution in [1.82, 2.24) is 0 Å². The van der Waals surface area contributed by atoms with Crippen molar-refractivity contribution in [3.05, 3.63) is 72.8 Å². The minimum absolute atomic E-state index is 0.438. The maximum Gasteiger partial charge on any atom is 0.229 e. The molecule has 0 spiro atoms. The molecule has 0 heterocycles. The molecule has 0 aliphatic rings. The standard InChI is InChI=1S/C19H18N2O3S/c1-25(22,23)21-15-9-12-18(19(20)13-15)14-7-10-17(11-8-14)24-16-5-3-2-4-6-16/h2-13,21H,20H2,1H3. The lowest BCUT2D eigenvalue weighted by Gasteiger charge is -2.11. The van der Waals surface area contributed by atoms with Gasteiger partial charge in [0.1, 0.15) is 11.5 Å². The largest absolute Gasteiger partial charge is 0.457 e. The molecule has 0 fully saturated rings. The summed E-state index contributed by atoms with van der Waals surface area (Å²) in [5.74, 6) is 1.50. The summed E-state index contributed by atoms with van der Waals surface area (Å²) >= 11 is 0. The first-order chi connectivity index (χ1) is 11.9. The molecule has 0 atom stereocenters. The van der Waals surface area contributed by atoms with E-state index in [0.29, 0.717) is 11.4 Å². The Morgan fingerprint density at radius 1 is 0.880 bits per heavy atom. The SMILES string of the molecule is CS(=O)(=O)Nc1ccc(-c2ccc(Oc3ccccc3)cc2)c(N)c1. The number of anilines is 2. The first kappa shape index (κ1) is 16.9. The van der Waals surface area contributed by atoms with Crippen molar-refractivity contribution in [2.24, 2.45) is 0 Å². The summed E-state index contributed by atoms with van der Waals surface area (Å²) in [6, 6.07) is 22.2. The zero-order valence-electron chi connectivity index (χ0n) is 13.6. The Balaban J connectivity index is 1.80. The van der Waals surface area contributed by atoms with Crippen molar-refractivity contribution in [3.8, 4) is 22.6 Å². The lowest BCUT2D eigenvalue weighted by molar-refractivity contribution is 0.483. The van der Waals surface area contributed by atoms with Crippen LogP contribution in [0.25, 0.3) is 11.1 Å². The van der Waals surface area contributed by atoms with Crippen molar-refractivity contribution in [1.29, 1.82) is 0 Å². The number of rotatable bonds is 5. The smallest absolute Gasteiger partial charge is 0.229 e. The molecule has 0 bridgehead atoms. The van der Waals surface area contributed by atoms with E-state index in [9.17, 15) is 8.42 Å². The number of nitrogens with one attached hydrogen (secondary N) is 1. The molecular formula is C19H18N2O3S. The summed E-state index contributed by atoms with van der Waals surface area (Å²) in [4.78, 5) is 0. The number of hydrogen-bond acceptors (Lipinski definition) is 4. The van der Waals surface area contributed by atoms with Crippen molar-refractivity contribution in [2.75, 3.05) is 16.7 Å². The van der Waals surface area contributed by atoms with E-state index in [1.54, 1.807) is 18.2 Å². The topological polar surface area (TPSA) is 81.4 Å². The highest BCUT2D eigenvalue weighted by Crippen LogP contribution is 2.31. The van der Waals surface area contributed by atoms with Crippen LogP contribution in [0.3, 0.4) is 0 Å². The van der Waals surface area contributed by atoms with Crippen molar-refractivity contribution < 1.29 is 13.2 Å². The van der Waals surface area contributed by atoms with E-state index in [2.05, 4.69) is 4.72 Å². The van der Waals surface area contributed by atoms with Crippen molar-refractivity contribution >= 4 is 21.4 Å². The number of ether oxygens (including phenoxy) is 1. The quantitative estimate of drug-likeness (QED) is 0.676. The van der Waals surface area contributed by atoms with E-state index in [-0.39, 0.29) is 0 Å². The Morgan fingerprint density at radius 3 is 2.12 bits per heavy atom. The molecule has 0 aromatic heterocycles. The molecule has 0 unspecified atom stereocenters. The highest BCUT2D eigenvalue weighted by Gasteiger charge is 2.07. The molecule has 0 saturated heterocycles. The third kappa shape index (κ3) is 4.51. The fourth-order valence-corrected chi connectivity index (χ4v) is 2.99. The monoisotopic (exact) mass is 354 g/mol. The van der Waals surface area contributed by atoms with Gasteiger partial charge in [0, 0.05) is 11.3 Å². The first-order valence-corrected chi connectivity index (χ1v) is 9.50. The van der Waals surface area contributed by atoms with Crippen LogP contribution in [-0.2, 0) is 10.0 Å². The van der Waals surface area contributed by atoms with Gasteiger partial charge in [-0.15, -0.1) is 0 Å². The zero-order chi connectivity index (χ0) is 17.9. The van der Waals surface area contributed by atoms with E-state index < -0.39 is 10.0 Å². The summed E-state index contributed by atoms with van der Waals surface area (Å²) in [6.45, 7) is 0. The molecular weight excluding hydrogens is 336 g/mol. The normalized spacial score (nSPS) is 11.1. The maximum atomic E-state index is 11.3. The minimum Gasteiger partial charge on any atom is -0.457 e. The Bertz CT molecular complexity index is 969. The van der Waals surface area contributed by atoms with Gasteiger partial charge in [0.2, 0.25) is 10.0 Å². The van der Waals surface area contributed by atoms with E-state index in [4.69, 9.17) is 10.5 Å². The molecule has 3 aromatic rings. The van der Waals surface area contributed by atoms with Gasteiger partial charge in [0.25, 0.3) is 0 Å². The van der Waals surface area contributed by atoms with Gasteiger partial charge in [-0.25, -0.2) is 8.42 Å². The molecule has 0 radical (unpaired) electrons. The summed E-state index contributed by atoms with van der Waals surface area (Å²) in [6.07, 6.45) is 1.10. The van der Waals surface area contributed by atoms with Crippen molar-refractivity contribution in [3.63, 3.8) is 0 Å². The van der Waals surface area contributed by atoms with Gasteiger partial charge in [-0.2, -0.15) is 0 Å². The molecule has 0 amide bonds. The van der Waals surface area contributed by atoms with Crippen LogP contribution in [0.1, 0.15) is 0 Å². The molecule has 25 heavy (non-hydrogen) atoms. The second-order valence-corrected chi connectivity index (χ2v) is 7.36. The van der Waals surface area contributed by atoms with Crippen molar-refractivity contribution in [2.45, 2.75) is 0 Å². The Morgan fingerprint density at radius 2 is 1.52 bits per heavy atom. The van der Waals surface area contributed by atoms with Crippen LogP contribution >= 0.6 is 0 Å². The van der Waals surface area contributed by atoms with E-state index in [1.807, 2.05) is 54.6 Å². The van der Waals surface area contributed by atoms with Crippen LogP contribution in [0.15, 0.2) is 72.8 Å². The average molecular weight is 354 g/mol. The molecule has 3 N–H and O–H groups in total. The summed E-state index contributed by atoms with van der Waals surface area (Å²) < 4.78 is 30.8. The molecule has 0 aliphatic carbocycles. The molecule has 128 valence electrons. The summed E-state index contributed by atoms with van der Waals surface area (Å²) in [5, 5.41) is 0. The zero-order valence-corrected chi connectivity index (χ0v) is 14.5. The molecule has 5 nitrogen and oxygen atoms in total. The number of sulfonamides is 1. The van der Waals surface area contributed by atoms with Crippen LogP contribution in [-0.4, -0.2) is 14.7 Å². The molecule has 0 aliphatic heterocycles. The molecule has 3 rings (SSSR count). The maximum absolute atomic E-state index is 11.3. The number of hydrogen-bond donors (Lipinski definition) is 2. The second kappa shape index (κ2) is 6.86. The second-order valence-electron chi connectivity index (χ2n) is 5.62. The Kier molecular flexibility index (Phi) is 4.63. The predicted octanol–water partition coefficient (Wildman–Crippen LogP) is 4.10. The van der Waals surface area contributed by atoms with E-state index >= 15 is 0 Å². The van der Waals surface area contributed by atoms with E-state index in [1.165, 1.54) is 0 Å². The first-order valence-electron chi connectivity index (χ1n) is 7.61. The minimum atomic E-state index is -3.33. The lowest BCUT2D eigenvalue weighted by Crippen LogP contribution is -2.09. The van der Waals surface area contributed by atoms with Crippen LogP contribution < -0.4 is 15.2 Å². The highest BCUT2D eigenvalue weighted by molar-refractivity contribution is 7.92. The fourth-order valence-electron chi connectivity index (χ4n) is 2.43. The molecule has 0 saturated carbocycles. The van der Waals surface area contributed by atoms with E-state index in [0.717, 1.165) is 28.9 Å². The van der Waals surface area contributed by atoms with Gasteiger partial charge in [0.05, 0.1) is 11.9 Å². The van der Waals surface area contributed by atoms with Gasteiger partial charge in [-0.1, -0.05) is 36.4 Å². The Labute approximate surface area is 147 Å².